The number of hydrogen-bond acceptors (Lipinski definition) is 4. The molecular formula is C20H23FN2O3. The van der Waals surface area contributed by atoms with Crippen LogP contribution in [0.4, 0.5) is 4.39 Å². The topological polar surface area (TPSA) is 50.8 Å². The highest BCUT2D eigenvalue weighted by molar-refractivity contribution is 5.94. The number of morpholine rings is 1. The van der Waals surface area contributed by atoms with Gasteiger partial charge in [0.05, 0.1) is 20.3 Å². The molecule has 0 aromatic heterocycles. The molecule has 1 fully saturated rings. The van der Waals surface area contributed by atoms with Crippen molar-refractivity contribution in [3.63, 3.8) is 0 Å². The van der Waals surface area contributed by atoms with Crippen molar-refractivity contribution in [2.75, 3.05) is 33.4 Å². The fraction of sp³-hybridized carbons (Fsp3) is 0.350. The fourth-order valence-corrected chi connectivity index (χ4v) is 2.97. The Bertz CT molecular complexity index is 760. The molecule has 0 unspecified atom stereocenters. The molecule has 1 N–H and O–H groups in total. The molecule has 0 aliphatic carbocycles. The number of hydrogen-bond donors (Lipinski definition) is 1. The van der Waals surface area contributed by atoms with E-state index in [2.05, 4.69) is 16.3 Å². The standard InChI is InChI=1S/C20H23FN2O3/c1-25-19-7-6-15(12-18(19)21)20(24)22-13-16-4-2-3-5-17(16)14-23-8-10-26-11-9-23/h2-7,12H,8-11,13-14H2,1H3,(H,22,24). The Morgan fingerprint density at radius 2 is 1.92 bits per heavy atom. The van der Waals surface area contributed by atoms with Crippen LogP contribution in [-0.4, -0.2) is 44.2 Å². The molecule has 1 aliphatic rings. The van der Waals surface area contributed by atoms with Crippen molar-refractivity contribution in [1.82, 2.24) is 10.2 Å². The monoisotopic (exact) mass is 358 g/mol. The second-order valence-electron chi connectivity index (χ2n) is 6.19. The molecule has 3 rings (SSSR count). The van der Waals surface area contributed by atoms with Gasteiger partial charge >= 0.3 is 0 Å². The van der Waals surface area contributed by atoms with Crippen LogP contribution in [0.15, 0.2) is 42.5 Å². The minimum absolute atomic E-state index is 0.123. The molecule has 0 spiro atoms. The second kappa shape index (κ2) is 8.78. The van der Waals surface area contributed by atoms with Crippen molar-refractivity contribution in [1.29, 1.82) is 0 Å². The van der Waals surface area contributed by atoms with E-state index < -0.39 is 5.82 Å². The smallest absolute Gasteiger partial charge is 0.251 e. The highest BCUT2D eigenvalue weighted by Gasteiger charge is 2.14. The zero-order valence-electron chi connectivity index (χ0n) is 14.8. The zero-order chi connectivity index (χ0) is 18.4. The Morgan fingerprint density at radius 1 is 1.19 bits per heavy atom. The van der Waals surface area contributed by atoms with Gasteiger partial charge in [0.1, 0.15) is 0 Å². The van der Waals surface area contributed by atoms with Crippen molar-refractivity contribution in [3.8, 4) is 5.75 Å². The van der Waals surface area contributed by atoms with Crippen LogP contribution >= 0.6 is 0 Å². The molecule has 2 aromatic rings. The summed E-state index contributed by atoms with van der Waals surface area (Å²) in [7, 11) is 1.39. The lowest BCUT2D eigenvalue weighted by Gasteiger charge is -2.27. The average molecular weight is 358 g/mol. The van der Waals surface area contributed by atoms with E-state index in [-0.39, 0.29) is 17.2 Å². The maximum absolute atomic E-state index is 13.8. The number of ether oxygens (including phenoxy) is 2. The first-order chi connectivity index (χ1) is 12.7. The van der Waals surface area contributed by atoms with Gasteiger partial charge in [-0.2, -0.15) is 0 Å². The summed E-state index contributed by atoms with van der Waals surface area (Å²) in [6, 6.07) is 12.2. The van der Waals surface area contributed by atoms with Crippen LogP contribution in [0.1, 0.15) is 21.5 Å². The number of nitrogens with zero attached hydrogens (tertiary/aromatic N) is 1. The van der Waals surface area contributed by atoms with Gasteiger partial charge in [-0.1, -0.05) is 24.3 Å². The predicted octanol–water partition coefficient (Wildman–Crippen LogP) is 2.60. The van der Waals surface area contributed by atoms with Gasteiger partial charge in [0, 0.05) is 31.7 Å². The average Bonchev–Trinajstić information content (AvgIpc) is 2.68. The third kappa shape index (κ3) is 4.59. The first-order valence-corrected chi connectivity index (χ1v) is 8.66. The summed E-state index contributed by atoms with van der Waals surface area (Å²) in [6.45, 7) is 4.54. The maximum atomic E-state index is 13.8. The van der Waals surface area contributed by atoms with Crippen LogP contribution in [0.3, 0.4) is 0 Å². The zero-order valence-corrected chi connectivity index (χ0v) is 14.8. The number of rotatable bonds is 6. The lowest BCUT2D eigenvalue weighted by Crippen LogP contribution is -2.36. The predicted molar refractivity (Wildman–Crippen MR) is 96.7 cm³/mol. The Balaban J connectivity index is 1.63. The summed E-state index contributed by atoms with van der Waals surface area (Å²) in [4.78, 5) is 14.7. The van der Waals surface area contributed by atoms with E-state index in [0.29, 0.717) is 6.54 Å². The molecule has 0 bridgehead atoms. The quantitative estimate of drug-likeness (QED) is 0.862. The van der Waals surface area contributed by atoms with Crippen LogP contribution in [0.2, 0.25) is 0 Å². The molecule has 1 amide bonds. The van der Waals surface area contributed by atoms with Gasteiger partial charge in [-0.15, -0.1) is 0 Å². The van der Waals surface area contributed by atoms with Gasteiger partial charge in [0.15, 0.2) is 11.6 Å². The first-order valence-electron chi connectivity index (χ1n) is 8.66. The van der Waals surface area contributed by atoms with Crippen molar-refractivity contribution in [2.24, 2.45) is 0 Å². The molecule has 5 nitrogen and oxygen atoms in total. The summed E-state index contributed by atoms with van der Waals surface area (Å²) < 4.78 is 24.0. The molecular weight excluding hydrogens is 335 g/mol. The molecule has 1 saturated heterocycles. The largest absolute Gasteiger partial charge is 0.494 e. The van der Waals surface area contributed by atoms with Crippen molar-refractivity contribution < 1.29 is 18.7 Å². The number of carbonyl (C=O) groups excluding carboxylic acids is 1. The summed E-state index contributed by atoms with van der Waals surface area (Å²) in [6.07, 6.45) is 0. The highest BCUT2D eigenvalue weighted by Crippen LogP contribution is 2.18. The van der Waals surface area contributed by atoms with Crippen molar-refractivity contribution >= 4 is 5.91 Å². The third-order valence-corrected chi connectivity index (χ3v) is 4.47. The SMILES string of the molecule is COc1ccc(C(=O)NCc2ccccc2CN2CCOCC2)cc1F. The first kappa shape index (κ1) is 18.4. The fourth-order valence-electron chi connectivity index (χ4n) is 2.97. The molecule has 1 aliphatic heterocycles. The summed E-state index contributed by atoms with van der Waals surface area (Å²) in [5, 5.41) is 2.87. The normalized spacial score (nSPS) is 14.8. The van der Waals surface area contributed by atoms with Gasteiger partial charge in [0.25, 0.3) is 5.91 Å². The summed E-state index contributed by atoms with van der Waals surface area (Å²) >= 11 is 0. The summed E-state index contributed by atoms with van der Waals surface area (Å²) in [5.74, 6) is -0.738. The van der Waals surface area contributed by atoms with E-state index >= 15 is 0 Å². The van der Waals surface area contributed by atoms with Crippen LogP contribution in [-0.2, 0) is 17.8 Å². The van der Waals surface area contributed by atoms with E-state index in [4.69, 9.17) is 9.47 Å². The number of amides is 1. The Labute approximate surface area is 152 Å². The van der Waals surface area contributed by atoms with Crippen molar-refractivity contribution in [3.05, 3.63) is 65.0 Å². The Hall–Kier alpha value is -2.44. The Morgan fingerprint density at radius 3 is 2.62 bits per heavy atom. The van der Waals surface area contributed by atoms with Crippen LogP contribution in [0, 0.1) is 5.82 Å². The van der Waals surface area contributed by atoms with E-state index in [1.54, 1.807) is 6.07 Å². The van der Waals surface area contributed by atoms with Gasteiger partial charge in [-0.25, -0.2) is 4.39 Å². The van der Waals surface area contributed by atoms with Gasteiger partial charge in [-0.05, 0) is 29.3 Å². The molecule has 0 radical (unpaired) electrons. The highest BCUT2D eigenvalue weighted by atomic mass is 19.1. The van der Waals surface area contributed by atoms with Gasteiger partial charge in [-0.3, -0.25) is 9.69 Å². The Kier molecular flexibility index (Phi) is 6.20. The number of halogens is 1. The molecule has 0 atom stereocenters. The molecule has 1 heterocycles. The van der Waals surface area contributed by atoms with Crippen molar-refractivity contribution in [2.45, 2.75) is 13.1 Å². The van der Waals surface area contributed by atoms with Gasteiger partial charge in [0.2, 0.25) is 0 Å². The van der Waals surface area contributed by atoms with E-state index in [1.807, 2.05) is 18.2 Å². The number of nitrogens with one attached hydrogen (secondary N) is 1. The number of benzene rings is 2. The molecule has 26 heavy (non-hydrogen) atoms. The lowest BCUT2D eigenvalue weighted by atomic mass is 10.1. The number of carbonyl (C=O) groups is 1. The third-order valence-electron chi connectivity index (χ3n) is 4.47. The number of methoxy groups -OCH3 is 1. The molecule has 2 aromatic carbocycles. The summed E-state index contributed by atoms with van der Waals surface area (Å²) in [5.41, 5.74) is 2.51. The van der Waals surface area contributed by atoms with Crippen LogP contribution < -0.4 is 10.1 Å². The molecule has 0 saturated carbocycles. The van der Waals surface area contributed by atoms with E-state index in [0.717, 1.165) is 38.4 Å². The van der Waals surface area contributed by atoms with E-state index in [9.17, 15) is 9.18 Å². The molecule has 138 valence electrons. The van der Waals surface area contributed by atoms with E-state index in [1.165, 1.54) is 24.8 Å². The van der Waals surface area contributed by atoms with Gasteiger partial charge < -0.3 is 14.8 Å². The minimum atomic E-state index is -0.548. The minimum Gasteiger partial charge on any atom is -0.494 e. The molecule has 6 heteroatoms. The lowest BCUT2D eigenvalue weighted by molar-refractivity contribution is 0.0340. The maximum Gasteiger partial charge on any atom is 0.251 e. The second-order valence-corrected chi connectivity index (χ2v) is 6.19. The van der Waals surface area contributed by atoms with Crippen LogP contribution in [0.5, 0.6) is 5.75 Å². The van der Waals surface area contributed by atoms with Crippen LogP contribution in [0.25, 0.3) is 0 Å².